The van der Waals surface area contributed by atoms with Gasteiger partial charge in [0.1, 0.15) is 0 Å². The monoisotopic (exact) mass is 188 g/mol. The average molecular weight is 188 g/mol. The van der Waals surface area contributed by atoms with Crippen LogP contribution in [0.4, 0.5) is 0 Å². The van der Waals surface area contributed by atoms with E-state index in [1.54, 1.807) is 0 Å². The standard InChI is InChI=1S/C14H16/c1-9-5-6-11(3)14-12(4)8-7-10(2)13(9)14/h5-8H,1-4H3/i5D,6D,7D,8D. The molecule has 0 saturated carbocycles. The first-order chi connectivity index (χ1) is 8.29. The van der Waals surface area contributed by atoms with Crippen molar-refractivity contribution in [2.45, 2.75) is 27.7 Å². The summed E-state index contributed by atoms with van der Waals surface area (Å²) in [6, 6.07) is 0.888. The molecule has 0 radical (unpaired) electrons. The molecule has 0 aliphatic rings. The molecule has 0 saturated heterocycles. The largest absolute Gasteiger partial charge is 0.0626 e. The molecule has 72 valence electrons. The van der Waals surface area contributed by atoms with Gasteiger partial charge in [-0.25, -0.2) is 0 Å². The summed E-state index contributed by atoms with van der Waals surface area (Å²) in [5.74, 6) is 0. The van der Waals surface area contributed by atoms with Crippen molar-refractivity contribution in [2.24, 2.45) is 0 Å². The van der Waals surface area contributed by atoms with Crippen LogP contribution in [0.15, 0.2) is 24.2 Å². The van der Waals surface area contributed by atoms with Gasteiger partial charge in [-0.1, -0.05) is 24.2 Å². The van der Waals surface area contributed by atoms with Gasteiger partial charge in [0.05, 0.1) is 5.48 Å². The van der Waals surface area contributed by atoms with Crippen LogP contribution >= 0.6 is 0 Å². The van der Waals surface area contributed by atoms with E-state index in [-0.39, 0.29) is 24.2 Å². The lowest BCUT2D eigenvalue weighted by Crippen LogP contribution is -1.89. The summed E-state index contributed by atoms with van der Waals surface area (Å²) in [6.45, 7) is 7.27. The van der Waals surface area contributed by atoms with E-state index in [9.17, 15) is 0 Å². The summed E-state index contributed by atoms with van der Waals surface area (Å²) in [5, 5.41) is 1.74. The molecule has 0 unspecified atom stereocenters. The van der Waals surface area contributed by atoms with Crippen LogP contribution < -0.4 is 0 Å². The van der Waals surface area contributed by atoms with Crippen molar-refractivity contribution in [3.63, 3.8) is 0 Å². The zero-order valence-corrected chi connectivity index (χ0v) is 9.00. The van der Waals surface area contributed by atoms with Gasteiger partial charge in [-0.2, -0.15) is 0 Å². The fourth-order valence-corrected chi connectivity index (χ4v) is 1.94. The molecule has 0 fully saturated rings. The highest BCUT2D eigenvalue weighted by atomic mass is 14.1. The van der Waals surface area contributed by atoms with Gasteiger partial charge < -0.3 is 0 Å². The Morgan fingerprint density at radius 1 is 0.643 bits per heavy atom. The highest BCUT2D eigenvalue weighted by molar-refractivity contribution is 5.93. The van der Waals surface area contributed by atoms with Crippen LogP contribution in [0, 0.1) is 27.7 Å². The van der Waals surface area contributed by atoms with Gasteiger partial charge in [0.25, 0.3) is 0 Å². The van der Waals surface area contributed by atoms with E-state index in [1.165, 1.54) is 0 Å². The Bertz CT molecular complexity index is 559. The molecular formula is C14H16. The van der Waals surface area contributed by atoms with Crippen LogP contribution in [0.3, 0.4) is 0 Å². The van der Waals surface area contributed by atoms with Gasteiger partial charge in [0, 0.05) is 0 Å². The zero-order chi connectivity index (χ0) is 13.8. The average Bonchev–Trinajstić information content (AvgIpc) is 2.35. The Morgan fingerprint density at radius 3 is 1.07 bits per heavy atom. The highest BCUT2D eigenvalue weighted by Crippen LogP contribution is 2.27. The first kappa shape index (κ1) is 5.55. The summed E-state index contributed by atoms with van der Waals surface area (Å²) in [7, 11) is 0. The van der Waals surface area contributed by atoms with Crippen LogP contribution in [-0.4, -0.2) is 0 Å². The first-order valence-electron chi connectivity index (χ1n) is 6.75. The summed E-state index contributed by atoms with van der Waals surface area (Å²) >= 11 is 0. The summed E-state index contributed by atoms with van der Waals surface area (Å²) in [6.07, 6.45) is 0. The molecule has 0 aliphatic heterocycles. The minimum atomic E-state index is 0.222. The Morgan fingerprint density at radius 2 is 0.857 bits per heavy atom. The van der Waals surface area contributed by atoms with Crippen molar-refractivity contribution < 1.29 is 5.48 Å². The molecule has 0 amide bonds. The van der Waals surface area contributed by atoms with Gasteiger partial charge in [0.15, 0.2) is 0 Å². The van der Waals surface area contributed by atoms with Crippen LogP contribution in [-0.2, 0) is 0 Å². The number of benzene rings is 2. The molecular weight excluding hydrogens is 168 g/mol. The Labute approximate surface area is 91.2 Å². The fraction of sp³-hybridized carbons (Fsp3) is 0.286. The van der Waals surface area contributed by atoms with E-state index >= 15 is 0 Å². The molecule has 0 spiro atoms. The number of rotatable bonds is 0. The van der Waals surface area contributed by atoms with E-state index in [4.69, 9.17) is 5.48 Å². The van der Waals surface area contributed by atoms with E-state index in [0.717, 1.165) is 33.0 Å². The van der Waals surface area contributed by atoms with E-state index in [2.05, 4.69) is 0 Å². The maximum absolute atomic E-state index is 7.96. The number of aryl methyl sites for hydroxylation is 4. The third kappa shape index (κ3) is 1.22. The molecule has 0 atom stereocenters. The summed E-state index contributed by atoms with van der Waals surface area (Å²) in [4.78, 5) is 0. The Balaban J connectivity index is 3.22. The minimum Gasteiger partial charge on any atom is -0.0584 e. The van der Waals surface area contributed by atoms with Crippen LogP contribution in [0.5, 0.6) is 0 Å². The second kappa shape index (κ2) is 3.13. The molecule has 2 aromatic rings. The second-order valence-electron chi connectivity index (χ2n) is 3.75. The van der Waals surface area contributed by atoms with Crippen molar-refractivity contribution in [2.75, 3.05) is 0 Å². The zero-order valence-electron chi connectivity index (χ0n) is 13.0. The molecule has 2 aromatic carbocycles. The van der Waals surface area contributed by atoms with Crippen molar-refractivity contribution >= 4 is 10.8 Å². The third-order valence-electron chi connectivity index (χ3n) is 2.62. The highest BCUT2D eigenvalue weighted by Gasteiger charge is 2.05. The predicted octanol–water partition coefficient (Wildman–Crippen LogP) is 4.07. The number of hydrogen-bond acceptors (Lipinski definition) is 0. The lowest BCUT2D eigenvalue weighted by atomic mass is 9.94. The fourth-order valence-electron chi connectivity index (χ4n) is 1.94. The molecule has 2 rings (SSSR count). The number of hydrogen-bond donors (Lipinski definition) is 0. The molecule has 0 heteroatoms. The van der Waals surface area contributed by atoms with Crippen LogP contribution in [0.2, 0.25) is 0 Å². The quantitative estimate of drug-likeness (QED) is 0.584. The molecule has 0 aliphatic carbocycles. The normalized spacial score (nSPS) is 14.9. The van der Waals surface area contributed by atoms with Crippen molar-refractivity contribution in [1.29, 1.82) is 0 Å². The van der Waals surface area contributed by atoms with Gasteiger partial charge in [-0.3, -0.25) is 0 Å². The van der Waals surface area contributed by atoms with Crippen LogP contribution in [0.25, 0.3) is 10.8 Å². The van der Waals surface area contributed by atoms with Crippen LogP contribution in [0.1, 0.15) is 27.7 Å². The van der Waals surface area contributed by atoms with Crippen molar-refractivity contribution in [3.8, 4) is 0 Å². The van der Waals surface area contributed by atoms with E-state index in [1.807, 2.05) is 27.7 Å². The van der Waals surface area contributed by atoms with Gasteiger partial charge in [0.2, 0.25) is 0 Å². The van der Waals surface area contributed by atoms with Gasteiger partial charge >= 0.3 is 0 Å². The molecule has 0 N–H and O–H groups in total. The van der Waals surface area contributed by atoms with Crippen molar-refractivity contribution in [1.82, 2.24) is 0 Å². The SMILES string of the molecule is [2H]c1c([2H])c(C)c2c(C)c([2H])c([2H])c(C)c2c1C. The van der Waals surface area contributed by atoms with E-state index in [0.29, 0.717) is 0 Å². The molecule has 0 bridgehead atoms. The summed E-state index contributed by atoms with van der Waals surface area (Å²) < 4.78 is 31.9. The Kier molecular flexibility index (Phi) is 1.24. The predicted molar refractivity (Wildman–Crippen MR) is 62.9 cm³/mol. The second-order valence-corrected chi connectivity index (χ2v) is 3.75. The molecule has 0 nitrogen and oxygen atoms in total. The molecule has 0 aromatic heterocycles. The smallest absolute Gasteiger partial charge is 0.0584 e. The van der Waals surface area contributed by atoms with E-state index < -0.39 is 0 Å². The maximum Gasteiger partial charge on any atom is 0.0626 e. The third-order valence-corrected chi connectivity index (χ3v) is 2.62. The lowest BCUT2D eigenvalue weighted by Gasteiger charge is -2.11. The number of fused-ring (bicyclic) bond motifs is 1. The summed E-state index contributed by atoms with van der Waals surface area (Å²) in [5.41, 5.74) is 2.92. The first-order valence-corrected chi connectivity index (χ1v) is 4.75. The Hall–Kier alpha value is -1.30. The van der Waals surface area contributed by atoms with Crippen molar-refractivity contribution in [3.05, 3.63) is 46.4 Å². The topological polar surface area (TPSA) is 0 Å². The van der Waals surface area contributed by atoms with Gasteiger partial charge in [-0.05, 0) is 60.7 Å². The lowest BCUT2D eigenvalue weighted by molar-refractivity contribution is 1.38. The molecule has 0 heterocycles. The minimum absolute atomic E-state index is 0.222. The molecule has 14 heavy (non-hydrogen) atoms. The van der Waals surface area contributed by atoms with Gasteiger partial charge in [-0.15, -0.1) is 0 Å². The maximum atomic E-state index is 7.96.